The third kappa shape index (κ3) is 3.81. The van der Waals surface area contributed by atoms with Gasteiger partial charge in [-0.3, -0.25) is 4.79 Å². The zero-order valence-corrected chi connectivity index (χ0v) is 15.7. The van der Waals surface area contributed by atoms with Crippen LogP contribution in [0, 0.1) is 0 Å². The molecule has 3 aromatic rings. The van der Waals surface area contributed by atoms with E-state index in [4.69, 9.17) is 9.47 Å². The van der Waals surface area contributed by atoms with Gasteiger partial charge in [0.25, 0.3) is 5.91 Å². The molecule has 28 heavy (non-hydrogen) atoms. The molecular weight excluding hydrogens is 354 g/mol. The first-order chi connectivity index (χ1) is 13.7. The van der Waals surface area contributed by atoms with Crippen LogP contribution < -0.4 is 9.47 Å². The van der Waals surface area contributed by atoms with E-state index in [1.807, 2.05) is 59.5 Å². The van der Waals surface area contributed by atoms with E-state index in [2.05, 4.69) is 10.2 Å². The summed E-state index contributed by atoms with van der Waals surface area (Å²) < 4.78 is 11.0. The number of likely N-dealkylation sites (tertiary alicyclic amines) is 1. The molecule has 0 radical (unpaired) electrons. The minimum Gasteiger partial charge on any atom is -0.493 e. The molecule has 0 saturated carbocycles. The molecule has 0 atom stereocenters. The minimum absolute atomic E-state index is 0.0726. The second-order valence-corrected chi connectivity index (χ2v) is 6.59. The van der Waals surface area contributed by atoms with E-state index in [0.717, 1.165) is 31.5 Å². The van der Waals surface area contributed by atoms with Crippen molar-refractivity contribution in [2.45, 2.75) is 12.8 Å². The summed E-state index contributed by atoms with van der Waals surface area (Å²) in [5.41, 5.74) is 2.21. The number of hydrogen-bond acceptors (Lipinski definition) is 5. The maximum absolute atomic E-state index is 12.6. The number of para-hydroxylation sites is 2. The van der Waals surface area contributed by atoms with Crippen molar-refractivity contribution in [3.05, 3.63) is 66.2 Å². The molecule has 0 bridgehead atoms. The lowest BCUT2D eigenvalue weighted by Gasteiger charge is -2.15. The molecule has 1 aliphatic heterocycles. The number of benzene rings is 2. The van der Waals surface area contributed by atoms with E-state index < -0.39 is 0 Å². The van der Waals surface area contributed by atoms with E-state index >= 15 is 0 Å². The SMILES string of the molecule is COc1ccccc1Oc1ccc(-c2cccc(C(=O)N3CCCC3)c2)nn1. The van der Waals surface area contributed by atoms with Crippen molar-refractivity contribution in [2.75, 3.05) is 20.2 Å². The molecule has 0 spiro atoms. The van der Waals surface area contributed by atoms with Crippen molar-refractivity contribution in [1.82, 2.24) is 15.1 Å². The Morgan fingerprint density at radius 3 is 2.43 bits per heavy atom. The number of aromatic nitrogens is 2. The number of rotatable bonds is 5. The molecule has 0 aliphatic carbocycles. The zero-order valence-electron chi connectivity index (χ0n) is 15.7. The Labute approximate surface area is 163 Å². The maximum Gasteiger partial charge on any atom is 0.253 e. The number of ether oxygens (including phenoxy) is 2. The molecule has 2 aromatic carbocycles. The fourth-order valence-corrected chi connectivity index (χ4v) is 3.26. The monoisotopic (exact) mass is 375 g/mol. The predicted octanol–water partition coefficient (Wildman–Crippen LogP) is 4.18. The molecule has 1 fully saturated rings. The number of nitrogens with zero attached hydrogens (tertiary/aromatic N) is 3. The highest BCUT2D eigenvalue weighted by molar-refractivity contribution is 5.95. The van der Waals surface area contributed by atoms with Crippen molar-refractivity contribution in [2.24, 2.45) is 0 Å². The number of carbonyl (C=O) groups excluding carboxylic acids is 1. The number of methoxy groups -OCH3 is 1. The van der Waals surface area contributed by atoms with Gasteiger partial charge in [0.2, 0.25) is 5.88 Å². The topological polar surface area (TPSA) is 64.6 Å². The number of carbonyl (C=O) groups is 1. The molecule has 0 unspecified atom stereocenters. The summed E-state index contributed by atoms with van der Waals surface area (Å²) in [5.74, 6) is 1.65. The lowest BCUT2D eigenvalue weighted by molar-refractivity contribution is 0.0793. The van der Waals surface area contributed by atoms with Gasteiger partial charge in [-0.1, -0.05) is 24.3 Å². The molecule has 142 valence electrons. The van der Waals surface area contributed by atoms with Crippen LogP contribution in [0.2, 0.25) is 0 Å². The molecule has 1 aromatic heterocycles. The fourth-order valence-electron chi connectivity index (χ4n) is 3.26. The highest BCUT2D eigenvalue weighted by Gasteiger charge is 2.19. The lowest BCUT2D eigenvalue weighted by atomic mass is 10.1. The van der Waals surface area contributed by atoms with E-state index in [1.165, 1.54) is 0 Å². The molecule has 1 amide bonds. The van der Waals surface area contributed by atoms with Crippen LogP contribution in [0.15, 0.2) is 60.7 Å². The van der Waals surface area contributed by atoms with Crippen LogP contribution >= 0.6 is 0 Å². The molecular formula is C22H21N3O3. The third-order valence-electron chi connectivity index (χ3n) is 4.72. The summed E-state index contributed by atoms with van der Waals surface area (Å²) >= 11 is 0. The average Bonchev–Trinajstić information content (AvgIpc) is 3.29. The van der Waals surface area contributed by atoms with Gasteiger partial charge >= 0.3 is 0 Å². The second-order valence-electron chi connectivity index (χ2n) is 6.59. The van der Waals surface area contributed by atoms with Gasteiger partial charge in [-0.15, -0.1) is 10.2 Å². The molecule has 4 rings (SSSR count). The molecule has 6 heteroatoms. The Kier molecular flexibility index (Phi) is 5.19. The van der Waals surface area contributed by atoms with Gasteiger partial charge in [-0.25, -0.2) is 0 Å². The van der Waals surface area contributed by atoms with Gasteiger partial charge in [0.15, 0.2) is 11.5 Å². The van der Waals surface area contributed by atoms with Crippen LogP contribution in [-0.2, 0) is 0 Å². The molecule has 2 heterocycles. The van der Waals surface area contributed by atoms with E-state index in [-0.39, 0.29) is 5.91 Å². The molecule has 1 aliphatic rings. The first-order valence-electron chi connectivity index (χ1n) is 9.29. The van der Waals surface area contributed by atoms with Gasteiger partial charge in [-0.2, -0.15) is 0 Å². The van der Waals surface area contributed by atoms with Crippen LogP contribution in [0.5, 0.6) is 17.4 Å². The summed E-state index contributed by atoms with van der Waals surface area (Å²) in [6.45, 7) is 1.66. The summed E-state index contributed by atoms with van der Waals surface area (Å²) in [6.07, 6.45) is 2.15. The molecule has 1 saturated heterocycles. The maximum atomic E-state index is 12.6. The Morgan fingerprint density at radius 2 is 1.71 bits per heavy atom. The quantitative estimate of drug-likeness (QED) is 0.669. The third-order valence-corrected chi connectivity index (χ3v) is 4.72. The summed E-state index contributed by atoms with van der Waals surface area (Å²) in [5, 5.41) is 8.41. The first-order valence-corrected chi connectivity index (χ1v) is 9.29. The van der Waals surface area contributed by atoms with Crippen molar-refractivity contribution in [3.63, 3.8) is 0 Å². The van der Waals surface area contributed by atoms with Crippen molar-refractivity contribution >= 4 is 5.91 Å². The van der Waals surface area contributed by atoms with Crippen LogP contribution in [0.4, 0.5) is 0 Å². The standard InChI is InChI=1S/C22H21N3O3/c1-27-19-9-2-3-10-20(19)28-21-12-11-18(23-24-21)16-7-6-8-17(15-16)22(26)25-13-4-5-14-25/h2-3,6-12,15H,4-5,13-14H2,1H3. The smallest absolute Gasteiger partial charge is 0.253 e. The van der Waals surface area contributed by atoms with Crippen LogP contribution in [-0.4, -0.2) is 41.2 Å². The Hall–Kier alpha value is -3.41. The van der Waals surface area contributed by atoms with Crippen LogP contribution in [0.3, 0.4) is 0 Å². The Bertz CT molecular complexity index is 967. The van der Waals surface area contributed by atoms with Crippen molar-refractivity contribution < 1.29 is 14.3 Å². The van der Waals surface area contributed by atoms with Crippen molar-refractivity contribution in [3.8, 4) is 28.6 Å². The van der Waals surface area contributed by atoms with Gasteiger partial charge in [0.1, 0.15) is 0 Å². The Morgan fingerprint density at radius 1 is 0.929 bits per heavy atom. The van der Waals surface area contributed by atoms with E-state index in [0.29, 0.717) is 28.6 Å². The van der Waals surface area contributed by atoms with Gasteiger partial charge in [0, 0.05) is 30.3 Å². The zero-order chi connectivity index (χ0) is 19.3. The Balaban J connectivity index is 1.52. The van der Waals surface area contributed by atoms with Gasteiger partial charge < -0.3 is 14.4 Å². The second kappa shape index (κ2) is 8.08. The molecule has 6 nitrogen and oxygen atoms in total. The largest absolute Gasteiger partial charge is 0.493 e. The summed E-state index contributed by atoms with van der Waals surface area (Å²) in [4.78, 5) is 14.5. The van der Waals surface area contributed by atoms with Gasteiger partial charge in [0.05, 0.1) is 12.8 Å². The minimum atomic E-state index is 0.0726. The first kappa shape index (κ1) is 18.0. The number of amides is 1. The number of hydrogen-bond donors (Lipinski definition) is 0. The highest BCUT2D eigenvalue weighted by Crippen LogP contribution is 2.30. The van der Waals surface area contributed by atoms with E-state index in [1.54, 1.807) is 13.2 Å². The average molecular weight is 375 g/mol. The predicted molar refractivity (Wildman–Crippen MR) is 106 cm³/mol. The van der Waals surface area contributed by atoms with Crippen molar-refractivity contribution in [1.29, 1.82) is 0 Å². The van der Waals surface area contributed by atoms with Crippen LogP contribution in [0.1, 0.15) is 23.2 Å². The van der Waals surface area contributed by atoms with E-state index in [9.17, 15) is 4.79 Å². The van der Waals surface area contributed by atoms with Gasteiger partial charge in [-0.05, 0) is 43.2 Å². The fraction of sp³-hybridized carbons (Fsp3) is 0.227. The highest BCUT2D eigenvalue weighted by atomic mass is 16.5. The molecule has 0 N–H and O–H groups in total. The lowest BCUT2D eigenvalue weighted by Crippen LogP contribution is -2.27. The normalized spacial score (nSPS) is 13.4. The van der Waals surface area contributed by atoms with Crippen LogP contribution in [0.25, 0.3) is 11.3 Å². The summed E-state index contributed by atoms with van der Waals surface area (Å²) in [7, 11) is 1.59. The summed E-state index contributed by atoms with van der Waals surface area (Å²) in [6, 6.07) is 18.5.